The molecule has 2 heterocycles. The number of aromatic nitrogens is 1. The van der Waals surface area contributed by atoms with Gasteiger partial charge in [0.1, 0.15) is 0 Å². The van der Waals surface area contributed by atoms with Crippen molar-refractivity contribution < 1.29 is 13.2 Å². The van der Waals surface area contributed by atoms with Gasteiger partial charge < -0.3 is 4.90 Å². The molecule has 4 aromatic rings. The minimum atomic E-state index is -3.73. The molecular weight excluding hydrogens is 516 g/mol. The van der Waals surface area contributed by atoms with Crippen LogP contribution >= 0.6 is 11.3 Å². The average molecular weight is 549 g/mol. The summed E-state index contributed by atoms with van der Waals surface area (Å²) in [5.41, 5.74) is 4.15. The summed E-state index contributed by atoms with van der Waals surface area (Å²) < 4.78 is 29.3. The Kier molecular flexibility index (Phi) is 7.52. The number of benzene rings is 3. The highest BCUT2D eigenvalue weighted by molar-refractivity contribution is 7.92. The molecule has 0 bridgehead atoms. The number of hydrogen-bond donors (Lipinski definition) is 0. The van der Waals surface area contributed by atoms with Crippen LogP contribution in [0.5, 0.6) is 0 Å². The lowest BCUT2D eigenvalue weighted by Gasteiger charge is -2.25. The fraction of sp³-hybridized carbons (Fsp3) is 0.310. The molecule has 1 amide bonds. The van der Waals surface area contributed by atoms with E-state index >= 15 is 0 Å². The summed E-state index contributed by atoms with van der Waals surface area (Å²) in [6.45, 7) is 9.64. The fourth-order valence-electron chi connectivity index (χ4n) is 4.87. The lowest BCUT2D eigenvalue weighted by molar-refractivity contribution is 0.0983. The normalized spacial score (nSPS) is 13.3. The quantitative estimate of drug-likeness (QED) is 0.282. The van der Waals surface area contributed by atoms with Gasteiger partial charge in [-0.1, -0.05) is 55.5 Å². The van der Waals surface area contributed by atoms with Crippen LogP contribution in [0.15, 0.2) is 71.6 Å². The van der Waals surface area contributed by atoms with Gasteiger partial charge in [0, 0.05) is 25.2 Å². The molecule has 0 radical (unpaired) electrons. The molecular formula is C29H32N4O3S2. The number of rotatable bonds is 9. The van der Waals surface area contributed by atoms with Crippen LogP contribution in [0.3, 0.4) is 0 Å². The highest BCUT2D eigenvalue weighted by atomic mass is 32.2. The smallest absolute Gasteiger partial charge is 0.264 e. The Hall–Kier alpha value is -3.27. The average Bonchev–Trinajstić information content (AvgIpc) is 3.57. The van der Waals surface area contributed by atoms with Crippen molar-refractivity contribution in [2.24, 2.45) is 0 Å². The summed E-state index contributed by atoms with van der Waals surface area (Å²) in [4.78, 5) is 22.8. The summed E-state index contributed by atoms with van der Waals surface area (Å²) >= 11 is 1.50. The molecule has 3 aromatic carbocycles. The molecule has 1 aliphatic heterocycles. The van der Waals surface area contributed by atoms with Crippen molar-refractivity contribution >= 4 is 48.3 Å². The lowest BCUT2D eigenvalue weighted by atomic mass is 10.2. The van der Waals surface area contributed by atoms with Gasteiger partial charge in [-0.25, -0.2) is 13.4 Å². The molecule has 7 nitrogen and oxygen atoms in total. The summed E-state index contributed by atoms with van der Waals surface area (Å²) in [5, 5.41) is 0.650. The Morgan fingerprint density at radius 2 is 1.71 bits per heavy atom. The third-order valence-corrected chi connectivity index (χ3v) is 10.0. The monoisotopic (exact) mass is 548 g/mol. The number of hydrogen-bond acceptors (Lipinski definition) is 6. The topological polar surface area (TPSA) is 73.8 Å². The predicted octanol–water partition coefficient (Wildman–Crippen LogP) is 5.34. The van der Waals surface area contributed by atoms with Crippen molar-refractivity contribution in [3.8, 4) is 0 Å². The molecule has 0 fully saturated rings. The van der Waals surface area contributed by atoms with E-state index < -0.39 is 10.0 Å². The van der Waals surface area contributed by atoms with Gasteiger partial charge >= 0.3 is 0 Å². The Morgan fingerprint density at radius 1 is 0.974 bits per heavy atom. The second-order valence-corrected chi connectivity index (χ2v) is 12.3. The van der Waals surface area contributed by atoms with Gasteiger partial charge in [-0.15, -0.1) is 0 Å². The van der Waals surface area contributed by atoms with Gasteiger partial charge in [-0.3, -0.25) is 14.0 Å². The van der Waals surface area contributed by atoms with E-state index in [0.717, 1.165) is 40.1 Å². The zero-order valence-electron chi connectivity index (χ0n) is 21.9. The second kappa shape index (κ2) is 10.8. The number of anilines is 2. The molecule has 1 aliphatic rings. The van der Waals surface area contributed by atoms with Crippen LogP contribution in [-0.4, -0.2) is 56.9 Å². The zero-order chi connectivity index (χ0) is 26.9. The molecule has 0 saturated heterocycles. The van der Waals surface area contributed by atoms with Crippen molar-refractivity contribution in [3.63, 3.8) is 0 Å². The first-order chi connectivity index (χ1) is 18.3. The van der Waals surface area contributed by atoms with E-state index in [2.05, 4.69) is 18.7 Å². The molecule has 0 spiro atoms. The third-order valence-electron chi connectivity index (χ3n) is 7.15. The summed E-state index contributed by atoms with van der Waals surface area (Å²) in [6.07, 6.45) is 0.690. The molecule has 5 rings (SSSR count). The minimum absolute atomic E-state index is 0.177. The molecule has 0 aliphatic carbocycles. The van der Waals surface area contributed by atoms with Crippen molar-refractivity contribution in [1.82, 2.24) is 9.88 Å². The maximum absolute atomic E-state index is 13.8. The van der Waals surface area contributed by atoms with Crippen LogP contribution in [0.4, 0.5) is 10.8 Å². The van der Waals surface area contributed by atoms with Crippen LogP contribution in [0.25, 0.3) is 10.2 Å². The number of fused-ring (bicyclic) bond motifs is 2. The van der Waals surface area contributed by atoms with Crippen molar-refractivity contribution in [3.05, 3.63) is 83.4 Å². The van der Waals surface area contributed by atoms with E-state index in [1.54, 1.807) is 17.0 Å². The van der Waals surface area contributed by atoms with Gasteiger partial charge in [0.2, 0.25) is 0 Å². The minimum Gasteiger partial charge on any atom is -0.302 e. The van der Waals surface area contributed by atoms with Crippen LogP contribution in [0, 0.1) is 6.92 Å². The number of nitrogens with zero attached hydrogens (tertiary/aromatic N) is 4. The van der Waals surface area contributed by atoms with Gasteiger partial charge in [0.15, 0.2) is 5.13 Å². The van der Waals surface area contributed by atoms with Gasteiger partial charge in [0.05, 0.1) is 20.8 Å². The third kappa shape index (κ3) is 4.93. The predicted molar refractivity (Wildman–Crippen MR) is 155 cm³/mol. The molecule has 0 unspecified atom stereocenters. The molecule has 0 N–H and O–H groups in total. The van der Waals surface area contributed by atoms with Crippen molar-refractivity contribution in [2.75, 3.05) is 41.9 Å². The molecule has 38 heavy (non-hydrogen) atoms. The Labute approximate surface area is 228 Å². The van der Waals surface area contributed by atoms with Gasteiger partial charge in [-0.05, 0) is 74.0 Å². The van der Waals surface area contributed by atoms with E-state index in [-0.39, 0.29) is 10.8 Å². The van der Waals surface area contributed by atoms with Crippen LogP contribution in [0.2, 0.25) is 0 Å². The molecule has 9 heteroatoms. The highest BCUT2D eigenvalue weighted by Crippen LogP contribution is 2.34. The van der Waals surface area contributed by atoms with Crippen LogP contribution in [-0.2, 0) is 16.4 Å². The number of amides is 1. The maximum Gasteiger partial charge on any atom is 0.264 e. The Bertz CT molecular complexity index is 1560. The van der Waals surface area contributed by atoms with E-state index in [1.165, 1.54) is 27.8 Å². The van der Waals surface area contributed by atoms with E-state index in [9.17, 15) is 13.2 Å². The Balaban J connectivity index is 1.44. The van der Waals surface area contributed by atoms with Crippen LogP contribution < -0.4 is 9.21 Å². The number of carbonyl (C=O) groups is 1. The van der Waals surface area contributed by atoms with E-state index in [0.29, 0.717) is 36.8 Å². The molecule has 1 aromatic heterocycles. The zero-order valence-corrected chi connectivity index (χ0v) is 23.6. The van der Waals surface area contributed by atoms with Crippen molar-refractivity contribution in [2.45, 2.75) is 32.1 Å². The SMILES string of the molecule is CCN(CC)CCN(C(=O)c1ccc(S(=O)(=O)N2CCc3ccccc32)cc1)c1nc2c(C)cccc2s1. The second-order valence-electron chi connectivity index (χ2n) is 9.38. The van der Waals surface area contributed by atoms with E-state index in [4.69, 9.17) is 4.98 Å². The molecule has 198 valence electrons. The molecule has 0 atom stereocenters. The summed E-state index contributed by atoms with van der Waals surface area (Å²) in [7, 11) is -3.73. The fourth-order valence-corrected chi connectivity index (χ4v) is 7.44. The first kappa shape index (κ1) is 26.3. The standard InChI is InChI=1S/C29H32N4O3S2/c1-4-31(5-2)19-20-32(29-30-27-21(3)9-8-12-26(27)37-29)28(34)23-13-15-24(16-14-23)38(35,36)33-18-17-22-10-6-7-11-25(22)33/h6-16H,4-5,17-20H2,1-3H3. The number of sulfonamides is 1. The summed E-state index contributed by atoms with van der Waals surface area (Å²) in [5.74, 6) is -0.190. The highest BCUT2D eigenvalue weighted by Gasteiger charge is 2.31. The van der Waals surface area contributed by atoms with Crippen molar-refractivity contribution in [1.29, 1.82) is 0 Å². The first-order valence-electron chi connectivity index (χ1n) is 12.9. The number of carbonyl (C=O) groups excluding carboxylic acids is 1. The summed E-state index contributed by atoms with van der Waals surface area (Å²) in [6, 6.07) is 19.9. The maximum atomic E-state index is 13.8. The Morgan fingerprint density at radius 3 is 2.42 bits per heavy atom. The number of likely N-dealkylation sites (N-methyl/N-ethyl adjacent to an activating group) is 1. The first-order valence-corrected chi connectivity index (χ1v) is 15.2. The molecule has 0 saturated carbocycles. The lowest BCUT2D eigenvalue weighted by Crippen LogP contribution is -2.39. The largest absolute Gasteiger partial charge is 0.302 e. The van der Waals surface area contributed by atoms with Crippen LogP contribution in [0.1, 0.15) is 35.3 Å². The number of aryl methyl sites for hydroxylation is 1. The number of para-hydroxylation sites is 2. The number of thiazole rings is 1. The van der Waals surface area contributed by atoms with Gasteiger partial charge in [-0.2, -0.15) is 0 Å². The van der Waals surface area contributed by atoms with Gasteiger partial charge in [0.25, 0.3) is 15.9 Å². The van der Waals surface area contributed by atoms with E-state index in [1.807, 2.05) is 49.4 Å².